The first-order valence-electron chi connectivity index (χ1n) is 8.31. The minimum atomic E-state index is 0.276. The summed E-state index contributed by atoms with van der Waals surface area (Å²) in [6.07, 6.45) is 1.03. The van der Waals surface area contributed by atoms with Gasteiger partial charge >= 0.3 is 0 Å². The average molecular weight is 318 g/mol. The van der Waals surface area contributed by atoms with Crippen molar-refractivity contribution in [3.05, 3.63) is 72.3 Å². The molecule has 0 saturated carbocycles. The molecule has 2 heteroatoms. The minimum absolute atomic E-state index is 0.276. The zero-order valence-electron chi connectivity index (χ0n) is 14.0. The molecule has 3 rings (SSSR count). The molecule has 0 aliphatic rings. The van der Waals surface area contributed by atoms with Crippen LogP contribution in [0.15, 0.2) is 66.7 Å². The molecule has 0 aliphatic heterocycles. The van der Waals surface area contributed by atoms with E-state index < -0.39 is 0 Å². The molecule has 2 N–H and O–H groups in total. The van der Waals surface area contributed by atoms with Crippen molar-refractivity contribution in [3.63, 3.8) is 0 Å². The van der Waals surface area contributed by atoms with E-state index in [-0.39, 0.29) is 5.75 Å². The van der Waals surface area contributed by atoms with Crippen LogP contribution in [0.3, 0.4) is 0 Å². The molecule has 122 valence electrons. The first-order valence-corrected chi connectivity index (χ1v) is 8.31. The number of rotatable bonds is 4. The summed E-state index contributed by atoms with van der Waals surface area (Å²) in [4.78, 5) is 0. The summed E-state index contributed by atoms with van der Waals surface area (Å²) in [7, 11) is 0. The topological polar surface area (TPSA) is 40.5 Å². The van der Waals surface area contributed by atoms with Gasteiger partial charge in [0.05, 0.1) is 0 Å². The number of hydrogen-bond acceptors (Lipinski definition) is 2. The molecule has 2 nitrogen and oxygen atoms in total. The molecule has 24 heavy (non-hydrogen) atoms. The van der Waals surface area contributed by atoms with Gasteiger partial charge in [-0.15, -0.1) is 0 Å². The van der Waals surface area contributed by atoms with Crippen LogP contribution in [0.4, 0.5) is 0 Å². The highest BCUT2D eigenvalue weighted by Gasteiger charge is 2.12. The Labute approximate surface area is 143 Å². The average Bonchev–Trinajstić information content (AvgIpc) is 2.62. The van der Waals surface area contributed by atoms with Gasteiger partial charge in [-0.1, -0.05) is 56.3 Å². The van der Waals surface area contributed by atoms with Gasteiger partial charge in [0.2, 0.25) is 0 Å². The van der Waals surface area contributed by atoms with Crippen LogP contribution in [0, 0.1) is 0 Å². The third kappa shape index (κ3) is 3.28. The van der Waals surface area contributed by atoms with Gasteiger partial charge < -0.3 is 10.2 Å². The molecule has 0 aliphatic carbocycles. The van der Waals surface area contributed by atoms with Crippen LogP contribution in [0.1, 0.15) is 31.7 Å². The Morgan fingerprint density at radius 1 is 0.708 bits per heavy atom. The Morgan fingerprint density at radius 3 is 1.79 bits per heavy atom. The van der Waals surface area contributed by atoms with Crippen molar-refractivity contribution in [1.29, 1.82) is 0 Å². The molecule has 1 unspecified atom stereocenters. The van der Waals surface area contributed by atoms with E-state index in [1.54, 1.807) is 18.2 Å². The molecule has 0 saturated heterocycles. The summed E-state index contributed by atoms with van der Waals surface area (Å²) in [5.74, 6) is 0.983. The van der Waals surface area contributed by atoms with Gasteiger partial charge in [-0.3, -0.25) is 0 Å². The molecule has 0 fully saturated rings. The van der Waals surface area contributed by atoms with Crippen molar-refractivity contribution < 1.29 is 10.2 Å². The van der Waals surface area contributed by atoms with Gasteiger partial charge in [-0.25, -0.2) is 0 Å². The quantitative estimate of drug-likeness (QED) is 0.624. The molecule has 0 spiro atoms. The molecule has 0 bridgehead atoms. The fourth-order valence-corrected chi connectivity index (χ4v) is 2.94. The molecule has 0 heterocycles. The van der Waals surface area contributed by atoms with Gasteiger partial charge in [-0.2, -0.15) is 0 Å². The van der Waals surface area contributed by atoms with E-state index in [2.05, 4.69) is 38.1 Å². The van der Waals surface area contributed by atoms with Crippen molar-refractivity contribution in [1.82, 2.24) is 0 Å². The lowest BCUT2D eigenvalue weighted by molar-refractivity contribution is 0.473. The van der Waals surface area contributed by atoms with E-state index in [0.29, 0.717) is 11.7 Å². The predicted octanol–water partition coefficient (Wildman–Crippen LogP) is 5.95. The standard InChI is InChI=1S/C22H22O2/c1-3-15(2)22-14-20(24)12-13-21(22)18-6-4-16(5-7-18)17-8-10-19(23)11-9-17/h4-15,23-24H,3H2,1-2H3. The third-order valence-electron chi connectivity index (χ3n) is 4.57. The maximum atomic E-state index is 9.82. The molecular formula is C22H22O2. The largest absolute Gasteiger partial charge is 0.508 e. The summed E-state index contributed by atoms with van der Waals surface area (Å²) in [6.45, 7) is 4.34. The second kappa shape index (κ2) is 6.79. The number of hydrogen-bond donors (Lipinski definition) is 2. The van der Waals surface area contributed by atoms with Crippen molar-refractivity contribution in [2.75, 3.05) is 0 Å². The van der Waals surface area contributed by atoms with Crippen LogP contribution in [-0.2, 0) is 0 Å². The minimum Gasteiger partial charge on any atom is -0.508 e. The highest BCUT2D eigenvalue weighted by atomic mass is 16.3. The number of phenols is 2. The van der Waals surface area contributed by atoms with Gasteiger partial charge in [0.1, 0.15) is 11.5 Å². The van der Waals surface area contributed by atoms with Crippen molar-refractivity contribution >= 4 is 0 Å². The van der Waals surface area contributed by atoms with Gasteiger partial charge in [0, 0.05) is 0 Å². The van der Waals surface area contributed by atoms with E-state index in [1.165, 1.54) is 11.1 Å². The van der Waals surface area contributed by atoms with Gasteiger partial charge in [0.15, 0.2) is 0 Å². The summed E-state index contributed by atoms with van der Waals surface area (Å²) in [6, 6.07) is 21.2. The van der Waals surface area contributed by atoms with Crippen LogP contribution in [0.5, 0.6) is 11.5 Å². The highest BCUT2D eigenvalue weighted by Crippen LogP contribution is 2.34. The predicted molar refractivity (Wildman–Crippen MR) is 99.3 cm³/mol. The zero-order valence-corrected chi connectivity index (χ0v) is 14.0. The van der Waals surface area contributed by atoms with Crippen molar-refractivity contribution in [3.8, 4) is 33.8 Å². The second-order valence-electron chi connectivity index (χ2n) is 6.21. The summed E-state index contributed by atoms with van der Waals surface area (Å²) >= 11 is 0. The Balaban J connectivity index is 1.98. The maximum absolute atomic E-state index is 9.82. The lowest BCUT2D eigenvalue weighted by Gasteiger charge is -2.16. The Morgan fingerprint density at radius 2 is 1.21 bits per heavy atom. The van der Waals surface area contributed by atoms with Crippen molar-refractivity contribution in [2.45, 2.75) is 26.2 Å². The van der Waals surface area contributed by atoms with E-state index in [4.69, 9.17) is 0 Å². The van der Waals surface area contributed by atoms with E-state index in [9.17, 15) is 10.2 Å². The van der Waals surface area contributed by atoms with E-state index in [1.807, 2.05) is 24.3 Å². The van der Waals surface area contributed by atoms with Gasteiger partial charge in [0.25, 0.3) is 0 Å². The SMILES string of the molecule is CCC(C)c1cc(O)ccc1-c1ccc(-c2ccc(O)cc2)cc1. The van der Waals surface area contributed by atoms with Crippen LogP contribution in [0.2, 0.25) is 0 Å². The molecule has 3 aromatic carbocycles. The number of phenolic OH excluding ortho intramolecular Hbond substituents is 2. The van der Waals surface area contributed by atoms with Crippen LogP contribution in [0.25, 0.3) is 22.3 Å². The first-order chi connectivity index (χ1) is 11.6. The van der Waals surface area contributed by atoms with E-state index >= 15 is 0 Å². The monoisotopic (exact) mass is 318 g/mol. The molecule has 3 aromatic rings. The Bertz CT molecular complexity index is 818. The summed E-state index contributed by atoms with van der Waals surface area (Å²) < 4.78 is 0. The third-order valence-corrected chi connectivity index (χ3v) is 4.57. The smallest absolute Gasteiger partial charge is 0.115 e. The van der Waals surface area contributed by atoms with Crippen LogP contribution >= 0.6 is 0 Å². The molecule has 1 atom stereocenters. The lowest BCUT2D eigenvalue weighted by Crippen LogP contribution is -1.95. The second-order valence-corrected chi connectivity index (χ2v) is 6.21. The van der Waals surface area contributed by atoms with Crippen LogP contribution < -0.4 is 0 Å². The summed E-state index contributed by atoms with van der Waals surface area (Å²) in [5, 5.41) is 19.2. The summed E-state index contributed by atoms with van der Waals surface area (Å²) in [5.41, 5.74) is 5.68. The lowest BCUT2D eigenvalue weighted by atomic mass is 9.89. The maximum Gasteiger partial charge on any atom is 0.115 e. The fourth-order valence-electron chi connectivity index (χ4n) is 2.94. The molecule has 0 radical (unpaired) electrons. The Hall–Kier alpha value is -2.74. The normalized spacial score (nSPS) is 12.1. The number of aromatic hydroxyl groups is 2. The highest BCUT2D eigenvalue weighted by molar-refractivity contribution is 5.73. The van der Waals surface area contributed by atoms with Gasteiger partial charge in [-0.05, 0) is 64.4 Å². The first kappa shape index (κ1) is 16.1. The Kier molecular flexibility index (Phi) is 4.57. The molecule has 0 aromatic heterocycles. The molecule has 0 amide bonds. The fraction of sp³-hybridized carbons (Fsp3) is 0.182. The number of benzene rings is 3. The molecular weight excluding hydrogens is 296 g/mol. The van der Waals surface area contributed by atoms with Crippen LogP contribution in [-0.4, -0.2) is 10.2 Å². The van der Waals surface area contributed by atoms with Crippen molar-refractivity contribution in [2.24, 2.45) is 0 Å². The zero-order chi connectivity index (χ0) is 17.1. The van der Waals surface area contributed by atoms with E-state index in [0.717, 1.165) is 23.1 Å².